The molecule has 3 rings (SSSR count). The number of non-ortho nitro benzene ring substituents is 1. The number of hydrogen-bond donors (Lipinski definition) is 1. The Kier molecular flexibility index (Phi) is 6.00. The Labute approximate surface area is 168 Å². The fraction of sp³-hybridized carbons (Fsp3) is 0.0500. The van der Waals surface area contributed by atoms with Gasteiger partial charge in [0.15, 0.2) is 6.61 Å². The maximum atomic E-state index is 13.7. The highest BCUT2D eigenvalue weighted by molar-refractivity contribution is 9.10. The lowest BCUT2D eigenvalue weighted by Crippen LogP contribution is -2.21. The molecule has 0 heterocycles. The number of rotatable bonds is 6. The topological polar surface area (TPSA) is 81.5 Å². The van der Waals surface area contributed by atoms with Gasteiger partial charge in [-0.15, -0.1) is 0 Å². The van der Waals surface area contributed by atoms with Crippen molar-refractivity contribution in [3.05, 3.63) is 87.1 Å². The summed E-state index contributed by atoms with van der Waals surface area (Å²) in [6.07, 6.45) is 0. The van der Waals surface area contributed by atoms with Gasteiger partial charge in [0.25, 0.3) is 11.6 Å². The highest BCUT2D eigenvalue weighted by Gasteiger charge is 2.14. The minimum Gasteiger partial charge on any atom is -0.483 e. The molecule has 0 aliphatic carbocycles. The van der Waals surface area contributed by atoms with Crippen LogP contribution in [0.3, 0.4) is 0 Å². The van der Waals surface area contributed by atoms with E-state index in [1.54, 1.807) is 6.07 Å². The molecule has 1 N–H and O–H groups in total. The van der Waals surface area contributed by atoms with E-state index in [4.69, 9.17) is 4.74 Å². The predicted octanol–water partition coefficient (Wildman–Crippen LogP) is 5.18. The van der Waals surface area contributed by atoms with Crippen molar-refractivity contribution in [3.63, 3.8) is 0 Å². The monoisotopic (exact) mass is 444 g/mol. The highest BCUT2D eigenvalue weighted by atomic mass is 79.9. The van der Waals surface area contributed by atoms with E-state index in [9.17, 15) is 19.3 Å². The Hall–Kier alpha value is -3.26. The van der Waals surface area contributed by atoms with Gasteiger partial charge in [-0.05, 0) is 45.3 Å². The van der Waals surface area contributed by atoms with Gasteiger partial charge < -0.3 is 10.1 Å². The lowest BCUT2D eigenvalue weighted by atomic mass is 10.1. The molecule has 0 aliphatic rings. The fourth-order valence-electron chi connectivity index (χ4n) is 2.48. The molecular weight excluding hydrogens is 431 g/mol. The largest absolute Gasteiger partial charge is 0.483 e. The number of carbonyl (C=O) groups excluding carboxylic acids is 1. The van der Waals surface area contributed by atoms with Gasteiger partial charge in [0.05, 0.1) is 15.1 Å². The summed E-state index contributed by atoms with van der Waals surface area (Å²) in [6.45, 7) is -0.384. The zero-order valence-electron chi connectivity index (χ0n) is 14.4. The highest BCUT2D eigenvalue weighted by Crippen LogP contribution is 2.30. The lowest BCUT2D eigenvalue weighted by molar-refractivity contribution is -0.384. The van der Waals surface area contributed by atoms with Crippen molar-refractivity contribution < 1.29 is 18.8 Å². The molecule has 0 unspecified atom stereocenters. The number of ether oxygens (including phenoxy) is 1. The van der Waals surface area contributed by atoms with E-state index >= 15 is 0 Å². The van der Waals surface area contributed by atoms with Gasteiger partial charge in [-0.3, -0.25) is 14.9 Å². The maximum absolute atomic E-state index is 13.7. The van der Waals surface area contributed by atoms with Crippen LogP contribution in [0.5, 0.6) is 5.75 Å². The number of anilines is 1. The second-order valence-electron chi connectivity index (χ2n) is 5.77. The first kappa shape index (κ1) is 19.5. The van der Waals surface area contributed by atoms with Crippen molar-refractivity contribution in [1.29, 1.82) is 0 Å². The molecule has 0 spiro atoms. The molecule has 0 saturated carbocycles. The molecule has 0 aliphatic heterocycles. The Bertz CT molecular complexity index is 1030. The SMILES string of the molecule is O=C(COc1ccc(-c2ccccc2)cc1Br)Nc1cc([N+](=O)[O-])ccc1F. The van der Waals surface area contributed by atoms with Crippen LogP contribution in [0.2, 0.25) is 0 Å². The first-order chi connectivity index (χ1) is 13.4. The number of nitro benzene ring substituents is 1. The molecule has 6 nitrogen and oxygen atoms in total. The van der Waals surface area contributed by atoms with E-state index in [2.05, 4.69) is 21.2 Å². The molecule has 0 radical (unpaired) electrons. The Morgan fingerprint density at radius 2 is 1.82 bits per heavy atom. The zero-order chi connectivity index (χ0) is 20.1. The van der Waals surface area contributed by atoms with Crippen molar-refractivity contribution in [2.75, 3.05) is 11.9 Å². The van der Waals surface area contributed by atoms with Gasteiger partial charge in [0.1, 0.15) is 11.6 Å². The predicted molar refractivity (Wildman–Crippen MR) is 107 cm³/mol. The molecular formula is C20H14BrFN2O4. The van der Waals surface area contributed by atoms with Crippen LogP contribution in [0.4, 0.5) is 15.8 Å². The van der Waals surface area contributed by atoms with Crippen LogP contribution in [0.15, 0.2) is 71.2 Å². The average molecular weight is 445 g/mol. The minimum absolute atomic E-state index is 0.277. The Balaban J connectivity index is 1.65. The molecule has 3 aromatic carbocycles. The van der Waals surface area contributed by atoms with Crippen LogP contribution >= 0.6 is 15.9 Å². The van der Waals surface area contributed by atoms with Gasteiger partial charge in [0.2, 0.25) is 0 Å². The van der Waals surface area contributed by atoms with E-state index in [0.717, 1.165) is 29.3 Å². The number of hydrogen-bond acceptors (Lipinski definition) is 4. The summed E-state index contributed by atoms with van der Waals surface area (Å²) < 4.78 is 19.9. The van der Waals surface area contributed by atoms with E-state index in [0.29, 0.717) is 10.2 Å². The quantitative estimate of drug-likeness (QED) is 0.419. The van der Waals surface area contributed by atoms with Crippen molar-refractivity contribution in [3.8, 4) is 16.9 Å². The molecule has 0 bridgehead atoms. The normalized spacial score (nSPS) is 10.4. The summed E-state index contributed by atoms with van der Waals surface area (Å²) in [4.78, 5) is 22.1. The Morgan fingerprint density at radius 3 is 2.50 bits per heavy atom. The summed E-state index contributed by atoms with van der Waals surface area (Å²) in [7, 11) is 0. The van der Waals surface area contributed by atoms with E-state index < -0.39 is 16.6 Å². The van der Waals surface area contributed by atoms with Crippen molar-refractivity contribution in [2.24, 2.45) is 0 Å². The Morgan fingerprint density at radius 1 is 1.07 bits per heavy atom. The van der Waals surface area contributed by atoms with Gasteiger partial charge in [-0.2, -0.15) is 0 Å². The molecule has 1 amide bonds. The number of halogens is 2. The molecule has 8 heteroatoms. The van der Waals surface area contributed by atoms with Crippen LogP contribution in [-0.2, 0) is 4.79 Å². The third-order valence-electron chi connectivity index (χ3n) is 3.83. The minimum atomic E-state index is -0.771. The first-order valence-electron chi connectivity index (χ1n) is 8.15. The summed E-state index contributed by atoms with van der Waals surface area (Å²) in [6, 6.07) is 18.1. The molecule has 0 saturated heterocycles. The number of nitrogens with one attached hydrogen (secondary N) is 1. The van der Waals surface area contributed by atoms with E-state index in [1.165, 1.54) is 0 Å². The summed E-state index contributed by atoms with van der Waals surface area (Å²) in [5.41, 5.74) is 1.41. The number of amides is 1. The second kappa shape index (κ2) is 8.62. The number of carbonyl (C=O) groups is 1. The summed E-state index contributed by atoms with van der Waals surface area (Å²) >= 11 is 3.41. The second-order valence-corrected chi connectivity index (χ2v) is 6.62. The average Bonchev–Trinajstić information content (AvgIpc) is 2.69. The molecule has 3 aromatic rings. The molecule has 0 atom stereocenters. The van der Waals surface area contributed by atoms with Crippen LogP contribution < -0.4 is 10.1 Å². The van der Waals surface area contributed by atoms with E-state index in [1.807, 2.05) is 42.5 Å². The maximum Gasteiger partial charge on any atom is 0.271 e. The molecule has 0 fully saturated rings. The smallest absolute Gasteiger partial charge is 0.271 e. The van der Waals surface area contributed by atoms with Crippen LogP contribution in [-0.4, -0.2) is 17.4 Å². The number of benzene rings is 3. The third kappa shape index (κ3) is 4.72. The van der Waals surface area contributed by atoms with Crippen LogP contribution in [0.25, 0.3) is 11.1 Å². The zero-order valence-corrected chi connectivity index (χ0v) is 16.0. The summed E-state index contributed by atoms with van der Waals surface area (Å²) in [5, 5.41) is 13.0. The number of nitrogens with zero attached hydrogens (tertiary/aromatic N) is 1. The van der Waals surface area contributed by atoms with E-state index in [-0.39, 0.29) is 18.0 Å². The molecule has 28 heavy (non-hydrogen) atoms. The van der Waals surface area contributed by atoms with Crippen molar-refractivity contribution >= 4 is 33.2 Å². The standard InChI is InChI=1S/C20H14BrFN2O4/c21-16-10-14(13-4-2-1-3-5-13)6-9-19(16)28-12-20(25)23-18-11-15(24(26)27)7-8-17(18)22/h1-11H,12H2,(H,23,25). The molecule has 142 valence electrons. The van der Waals surface area contributed by atoms with Crippen LogP contribution in [0, 0.1) is 15.9 Å². The lowest BCUT2D eigenvalue weighted by Gasteiger charge is -2.11. The third-order valence-corrected chi connectivity index (χ3v) is 4.45. The van der Waals surface area contributed by atoms with Gasteiger partial charge >= 0.3 is 0 Å². The number of nitro groups is 1. The fourth-order valence-corrected chi connectivity index (χ4v) is 2.97. The van der Waals surface area contributed by atoms with Crippen molar-refractivity contribution in [2.45, 2.75) is 0 Å². The van der Waals surface area contributed by atoms with Crippen molar-refractivity contribution in [1.82, 2.24) is 0 Å². The van der Waals surface area contributed by atoms with Crippen LogP contribution in [0.1, 0.15) is 0 Å². The first-order valence-corrected chi connectivity index (χ1v) is 8.95. The van der Waals surface area contributed by atoms with Gasteiger partial charge in [-0.1, -0.05) is 36.4 Å². The molecule has 0 aromatic heterocycles. The van der Waals surface area contributed by atoms with Gasteiger partial charge in [0, 0.05) is 12.1 Å². The van der Waals surface area contributed by atoms with Gasteiger partial charge in [-0.25, -0.2) is 4.39 Å². The summed E-state index contributed by atoms with van der Waals surface area (Å²) in [5.74, 6) is -0.972.